The van der Waals surface area contributed by atoms with Gasteiger partial charge in [0.25, 0.3) is 0 Å². The van der Waals surface area contributed by atoms with E-state index in [0.717, 1.165) is 18.4 Å². The molecule has 1 saturated heterocycles. The van der Waals surface area contributed by atoms with Gasteiger partial charge in [-0.15, -0.1) is 0 Å². The summed E-state index contributed by atoms with van der Waals surface area (Å²) >= 11 is 5.52. The van der Waals surface area contributed by atoms with E-state index in [4.69, 9.17) is 0 Å². The lowest BCUT2D eigenvalue weighted by Crippen LogP contribution is -2.27. The van der Waals surface area contributed by atoms with E-state index in [2.05, 4.69) is 50.6 Å². The summed E-state index contributed by atoms with van der Waals surface area (Å²) in [6, 6.07) is 2.23. The van der Waals surface area contributed by atoms with E-state index in [9.17, 15) is 0 Å². The largest absolute Gasteiger partial charge is 0.356 e. The molecule has 4 heteroatoms. The molecule has 2 nitrogen and oxygen atoms in total. The van der Waals surface area contributed by atoms with Gasteiger partial charge < -0.3 is 4.90 Å². The number of halogens is 1. The van der Waals surface area contributed by atoms with Gasteiger partial charge in [-0.25, -0.2) is 4.98 Å². The van der Waals surface area contributed by atoms with Crippen LogP contribution in [0.4, 0.5) is 5.82 Å². The molecule has 1 aliphatic heterocycles. The first-order chi connectivity index (χ1) is 7.81. The maximum atomic E-state index is 4.60. The number of alkyl halides is 1. The van der Waals surface area contributed by atoms with Gasteiger partial charge in [-0.1, -0.05) is 22.0 Å². The molecule has 1 aromatic heterocycles. The van der Waals surface area contributed by atoms with Crippen molar-refractivity contribution in [3.05, 3.63) is 23.4 Å². The van der Waals surface area contributed by atoms with Crippen LogP contribution in [0.2, 0.25) is 0 Å². The van der Waals surface area contributed by atoms with Gasteiger partial charge >= 0.3 is 0 Å². The lowest BCUT2D eigenvalue weighted by molar-refractivity contribution is 0.796. The molecule has 0 N–H and O–H groups in total. The van der Waals surface area contributed by atoms with Crippen LogP contribution >= 0.6 is 27.7 Å². The van der Waals surface area contributed by atoms with Crippen molar-refractivity contribution in [2.45, 2.75) is 18.7 Å². The normalized spacial score (nSPS) is 17.2. The van der Waals surface area contributed by atoms with Crippen molar-refractivity contribution in [2.75, 3.05) is 29.5 Å². The van der Waals surface area contributed by atoms with Crippen LogP contribution in [-0.2, 0) is 5.33 Å². The van der Waals surface area contributed by atoms with Crippen molar-refractivity contribution in [3.63, 3.8) is 0 Å². The summed E-state index contributed by atoms with van der Waals surface area (Å²) in [6.45, 7) is 4.44. The average molecular weight is 301 g/mol. The average Bonchev–Trinajstić information content (AvgIpc) is 2.57. The smallest absolute Gasteiger partial charge is 0.131 e. The molecule has 0 atom stereocenters. The summed E-state index contributed by atoms with van der Waals surface area (Å²) in [6.07, 6.45) is 3.25. The summed E-state index contributed by atoms with van der Waals surface area (Å²) in [4.78, 5) is 7.03. The van der Waals surface area contributed by atoms with Gasteiger partial charge in [-0.3, -0.25) is 0 Å². The molecular weight excluding hydrogens is 284 g/mol. The van der Waals surface area contributed by atoms with Gasteiger partial charge in [0.05, 0.1) is 0 Å². The van der Waals surface area contributed by atoms with Crippen LogP contribution in [0.3, 0.4) is 0 Å². The third-order valence-electron chi connectivity index (χ3n) is 2.78. The van der Waals surface area contributed by atoms with Crippen molar-refractivity contribution in [2.24, 2.45) is 0 Å². The molecule has 1 fully saturated rings. The van der Waals surface area contributed by atoms with Crippen LogP contribution in [0.1, 0.15) is 17.5 Å². The first kappa shape index (κ1) is 12.2. The molecule has 0 aliphatic carbocycles. The minimum absolute atomic E-state index is 0.886. The zero-order valence-corrected chi connectivity index (χ0v) is 12.0. The molecule has 0 bridgehead atoms. The molecule has 2 rings (SSSR count). The Labute approximate surface area is 110 Å². The zero-order valence-electron chi connectivity index (χ0n) is 9.58. The van der Waals surface area contributed by atoms with Crippen LogP contribution in [0.25, 0.3) is 0 Å². The van der Waals surface area contributed by atoms with E-state index < -0.39 is 0 Å². The molecule has 0 amide bonds. The minimum Gasteiger partial charge on any atom is -0.356 e. The molecule has 0 unspecified atom stereocenters. The number of pyridine rings is 1. The Balaban J connectivity index is 2.18. The fourth-order valence-corrected chi connectivity index (χ4v) is 3.18. The van der Waals surface area contributed by atoms with E-state index in [-0.39, 0.29) is 0 Å². The number of hydrogen-bond acceptors (Lipinski definition) is 3. The van der Waals surface area contributed by atoms with Crippen LogP contribution in [-0.4, -0.2) is 29.6 Å². The number of thioether (sulfide) groups is 1. The van der Waals surface area contributed by atoms with E-state index in [0.29, 0.717) is 0 Å². The number of hydrogen-bond donors (Lipinski definition) is 0. The molecule has 0 spiro atoms. The number of nitrogens with zero attached hydrogens (tertiary/aromatic N) is 2. The Hall–Kier alpha value is -0.220. The van der Waals surface area contributed by atoms with Gasteiger partial charge in [0, 0.05) is 30.4 Å². The maximum absolute atomic E-state index is 4.60. The first-order valence-corrected chi connectivity index (χ1v) is 7.93. The topological polar surface area (TPSA) is 16.1 Å². The number of anilines is 1. The fraction of sp³-hybridized carbons (Fsp3) is 0.583. The van der Waals surface area contributed by atoms with Gasteiger partial charge in [-0.05, 0) is 30.2 Å². The van der Waals surface area contributed by atoms with Crippen molar-refractivity contribution < 1.29 is 0 Å². The quantitative estimate of drug-likeness (QED) is 0.780. The molecule has 0 saturated carbocycles. The molecular formula is C12H17BrN2S. The molecule has 1 aromatic rings. The second-order valence-electron chi connectivity index (χ2n) is 4.07. The lowest BCUT2D eigenvalue weighted by atomic mass is 10.2. The predicted molar refractivity (Wildman–Crippen MR) is 75.8 cm³/mol. The highest BCUT2D eigenvalue weighted by Gasteiger charge is 2.13. The monoisotopic (exact) mass is 300 g/mol. The Bertz CT molecular complexity index is 349. The van der Waals surface area contributed by atoms with Crippen molar-refractivity contribution in [1.82, 2.24) is 4.98 Å². The van der Waals surface area contributed by atoms with E-state index in [1.807, 2.05) is 6.20 Å². The standard InChI is InChI=1S/C12H17BrN2S/c1-10-7-11(8-13)9-14-12(10)15-3-2-5-16-6-4-15/h7,9H,2-6,8H2,1H3. The van der Waals surface area contributed by atoms with Crippen LogP contribution in [0.5, 0.6) is 0 Å². The fourth-order valence-electron chi connectivity index (χ4n) is 1.99. The van der Waals surface area contributed by atoms with Crippen LogP contribution in [0, 0.1) is 6.92 Å². The first-order valence-electron chi connectivity index (χ1n) is 5.65. The zero-order chi connectivity index (χ0) is 11.4. The van der Waals surface area contributed by atoms with Gasteiger partial charge in [-0.2, -0.15) is 11.8 Å². The number of rotatable bonds is 2. The van der Waals surface area contributed by atoms with Gasteiger partial charge in [0.2, 0.25) is 0 Å². The van der Waals surface area contributed by atoms with Crippen LogP contribution < -0.4 is 4.90 Å². The summed E-state index contributed by atoms with van der Waals surface area (Å²) in [5, 5.41) is 0.886. The molecule has 1 aliphatic rings. The third-order valence-corrected chi connectivity index (χ3v) is 4.48. The highest BCUT2D eigenvalue weighted by molar-refractivity contribution is 9.08. The van der Waals surface area contributed by atoms with Crippen molar-refractivity contribution >= 4 is 33.5 Å². The van der Waals surface area contributed by atoms with Crippen molar-refractivity contribution in [1.29, 1.82) is 0 Å². The molecule has 16 heavy (non-hydrogen) atoms. The minimum atomic E-state index is 0.886. The van der Waals surface area contributed by atoms with E-state index in [1.165, 1.54) is 34.9 Å². The maximum Gasteiger partial charge on any atom is 0.131 e. The molecule has 0 aromatic carbocycles. The summed E-state index contributed by atoms with van der Waals surface area (Å²) in [5.74, 6) is 3.68. The summed E-state index contributed by atoms with van der Waals surface area (Å²) in [7, 11) is 0. The van der Waals surface area contributed by atoms with Crippen LogP contribution in [0.15, 0.2) is 12.3 Å². The van der Waals surface area contributed by atoms with E-state index >= 15 is 0 Å². The Kier molecular flexibility index (Phi) is 4.53. The van der Waals surface area contributed by atoms with Gasteiger partial charge in [0.1, 0.15) is 5.82 Å². The summed E-state index contributed by atoms with van der Waals surface area (Å²) < 4.78 is 0. The van der Waals surface area contributed by atoms with Gasteiger partial charge in [0.15, 0.2) is 0 Å². The predicted octanol–water partition coefficient (Wildman–Crippen LogP) is 3.23. The Morgan fingerprint density at radius 3 is 3.06 bits per heavy atom. The molecule has 0 radical (unpaired) electrons. The third kappa shape index (κ3) is 2.92. The number of aryl methyl sites for hydroxylation is 1. The second kappa shape index (κ2) is 5.92. The second-order valence-corrected chi connectivity index (χ2v) is 5.86. The highest BCUT2D eigenvalue weighted by Crippen LogP contribution is 2.22. The Morgan fingerprint density at radius 1 is 1.44 bits per heavy atom. The Morgan fingerprint density at radius 2 is 2.31 bits per heavy atom. The van der Waals surface area contributed by atoms with E-state index in [1.54, 1.807) is 0 Å². The lowest BCUT2D eigenvalue weighted by Gasteiger charge is -2.23. The molecule has 88 valence electrons. The molecule has 2 heterocycles. The SMILES string of the molecule is Cc1cc(CBr)cnc1N1CCCSCC1. The highest BCUT2D eigenvalue weighted by atomic mass is 79.9. The summed E-state index contributed by atoms with van der Waals surface area (Å²) in [5.41, 5.74) is 2.55. The van der Waals surface area contributed by atoms with Crippen molar-refractivity contribution in [3.8, 4) is 0 Å². The number of aromatic nitrogens is 1.